The van der Waals surface area contributed by atoms with Gasteiger partial charge in [-0.3, -0.25) is 10.1 Å². The van der Waals surface area contributed by atoms with Gasteiger partial charge in [0.1, 0.15) is 5.69 Å². The fraction of sp³-hybridized carbons (Fsp3) is 0.750. The van der Waals surface area contributed by atoms with Crippen molar-refractivity contribution >= 4 is 11.5 Å². The van der Waals surface area contributed by atoms with Gasteiger partial charge in [-0.15, -0.1) is 0 Å². The summed E-state index contributed by atoms with van der Waals surface area (Å²) in [6.45, 7) is 4.68. The lowest BCUT2D eigenvalue weighted by Gasteiger charge is -2.07. The molecule has 20 heavy (non-hydrogen) atoms. The summed E-state index contributed by atoms with van der Waals surface area (Å²) in [7, 11) is 3.36. The number of methoxy groups -OCH3 is 1. The van der Waals surface area contributed by atoms with Crippen LogP contribution in [-0.4, -0.2) is 48.1 Å². The minimum absolute atomic E-state index is 0.0891. The molecule has 0 aliphatic carbocycles. The number of nitro groups is 1. The Kier molecular flexibility index (Phi) is 6.96. The second-order valence-electron chi connectivity index (χ2n) is 4.44. The maximum absolute atomic E-state index is 11.2. The number of aryl methyl sites for hydroxylation is 2. The van der Waals surface area contributed by atoms with Crippen molar-refractivity contribution in [2.75, 3.05) is 38.7 Å². The van der Waals surface area contributed by atoms with Crippen LogP contribution in [-0.2, 0) is 18.2 Å². The number of hydrogen-bond donors (Lipinski definition) is 2. The van der Waals surface area contributed by atoms with Gasteiger partial charge in [0, 0.05) is 33.8 Å². The van der Waals surface area contributed by atoms with E-state index in [1.165, 1.54) is 4.68 Å². The first kappa shape index (κ1) is 16.4. The van der Waals surface area contributed by atoms with E-state index < -0.39 is 0 Å². The van der Waals surface area contributed by atoms with Gasteiger partial charge in [0.2, 0.25) is 5.82 Å². The molecule has 0 unspecified atom stereocenters. The number of nitrogens with zero attached hydrogens (tertiary/aromatic N) is 3. The average molecular weight is 285 g/mol. The molecule has 0 aliphatic heterocycles. The number of ether oxygens (including phenoxy) is 1. The van der Waals surface area contributed by atoms with Crippen molar-refractivity contribution in [2.45, 2.75) is 19.8 Å². The van der Waals surface area contributed by atoms with Gasteiger partial charge in [-0.1, -0.05) is 13.3 Å². The molecule has 1 aromatic heterocycles. The van der Waals surface area contributed by atoms with Gasteiger partial charge in [-0.05, 0) is 6.42 Å². The highest BCUT2D eigenvalue weighted by Gasteiger charge is 2.25. The largest absolute Gasteiger partial charge is 0.383 e. The zero-order valence-corrected chi connectivity index (χ0v) is 12.3. The minimum atomic E-state index is -0.362. The molecular weight excluding hydrogens is 262 g/mol. The lowest BCUT2D eigenvalue weighted by molar-refractivity contribution is -0.384. The average Bonchev–Trinajstić information content (AvgIpc) is 2.70. The SMILES string of the molecule is CCCc1nn(C)c(NCCNCCOC)c1[N+](=O)[O-]. The van der Waals surface area contributed by atoms with Crippen molar-refractivity contribution in [3.63, 3.8) is 0 Å². The first-order chi connectivity index (χ1) is 9.61. The van der Waals surface area contributed by atoms with Gasteiger partial charge in [-0.2, -0.15) is 5.10 Å². The third-order valence-electron chi connectivity index (χ3n) is 2.84. The molecular formula is C12H23N5O3. The summed E-state index contributed by atoms with van der Waals surface area (Å²) in [6.07, 6.45) is 1.44. The van der Waals surface area contributed by atoms with Crippen LogP contribution < -0.4 is 10.6 Å². The molecule has 1 heterocycles. The molecule has 0 radical (unpaired) electrons. The van der Waals surface area contributed by atoms with Gasteiger partial charge in [0.25, 0.3) is 0 Å². The van der Waals surface area contributed by atoms with Gasteiger partial charge in [0.05, 0.1) is 11.5 Å². The van der Waals surface area contributed by atoms with Crippen LogP contribution in [0.15, 0.2) is 0 Å². The summed E-state index contributed by atoms with van der Waals surface area (Å²) in [6, 6.07) is 0. The first-order valence-electron chi connectivity index (χ1n) is 6.75. The molecule has 0 aromatic carbocycles. The lowest BCUT2D eigenvalue weighted by atomic mass is 10.2. The summed E-state index contributed by atoms with van der Waals surface area (Å²) >= 11 is 0. The summed E-state index contributed by atoms with van der Waals surface area (Å²) in [4.78, 5) is 10.8. The first-order valence-corrected chi connectivity index (χ1v) is 6.75. The zero-order valence-electron chi connectivity index (χ0n) is 12.3. The maximum atomic E-state index is 11.2. The van der Waals surface area contributed by atoms with E-state index in [0.717, 1.165) is 13.0 Å². The van der Waals surface area contributed by atoms with Crippen LogP contribution in [0.2, 0.25) is 0 Å². The molecule has 2 N–H and O–H groups in total. The molecule has 0 spiro atoms. The van der Waals surface area contributed by atoms with E-state index in [1.54, 1.807) is 14.2 Å². The Labute approximate surface area is 118 Å². The molecule has 0 amide bonds. The number of rotatable bonds is 10. The van der Waals surface area contributed by atoms with Crippen molar-refractivity contribution in [1.82, 2.24) is 15.1 Å². The molecule has 0 fully saturated rings. The predicted octanol–water partition coefficient (Wildman–Crippen LogP) is 0.929. The normalized spacial score (nSPS) is 10.8. The van der Waals surface area contributed by atoms with Crippen LogP contribution in [0.3, 0.4) is 0 Å². The van der Waals surface area contributed by atoms with Crippen LogP contribution in [0.4, 0.5) is 11.5 Å². The van der Waals surface area contributed by atoms with E-state index >= 15 is 0 Å². The molecule has 0 bridgehead atoms. The number of nitrogens with one attached hydrogen (secondary N) is 2. The maximum Gasteiger partial charge on any atom is 0.333 e. The fourth-order valence-corrected chi connectivity index (χ4v) is 1.93. The van der Waals surface area contributed by atoms with E-state index in [4.69, 9.17) is 4.74 Å². The summed E-state index contributed by atoms with van der Waals surface area (Å²) < 4.78 is 6.46. The standard InChI is InChI=1S/C12H23N5O3/c1-4-5-10-11(17(18)19)12(16(2)15-10)14-7-6-13-8-9-20-3/h13-14H,4-9H2,1-3H3. The van der Waals surface area contributed by atoms with Crippen LogP contribution in [0.25, 0.3) is 0 Å². The second-order valence-corrected chi connectivity index (χ2v) is 4.44. The van der Waals surface area contributed by atoms with Gasteiger partial charge < -0.3 is 15.4 Å². The Balaban J connectivity index is 2.62. The van der Waals surface area contributed by atoms with E-state index in [2.05, 4.69) is 15.7 Å². The quantitative estimate of drug-likeness (QED) is 0.377. The molecule has 1 aromatic rings. The monoisotopic (exact) mass is 285 g/mol. The van der Waals surface area contributed by atoms with E-state index in [9.17, 15) is 10.1 Å². The highest BCUT2D eigenvalue weighted by atomic mass is 16.6. The van der Waals surface area contributed by atoms with Crippen molar-refractivity contribution in [1.29, 1.82) is 0 Å². The van der Waals surface area contributed by atoms with Gasteiger partial charge in [0.15, 0.2) is 0 Å². The number of anilines is 1. The zero-order chi connectivity index (χ0) is 15.0. The lowest BCUT2D eigenvalue weighted by Crippen LogP contribution is -2.26. The highest BCUT2D eigenvalue weighted by Crippen LogP contribution is 2.28. The van der Waals surface area contributed by atoms with E-state index in [-0.39, 0.29) is 10.6 Å². The number of aromatic nitrogens is 2. The third kappa shape index (κ3) is 4.46. The fourth-order valence-electron chi connectivity index (χ4n) is 1.93. The Morgan fingerprint density at radius 1 is 1.40 bits per heavy atom. The molecule has 0 aliphatic rings. The Bertz CT molecular complexity index is 433. The molecule has 0 saturated heterocycles. The number of hydrogen-bond acceptors (Lipinski definition) is 6. The van der Waals surface area contributed by atoms with Crippen molar-refractivity contribution in [3.05, 3.63) is 15.8 Å². The predicted molar refractivity (Wildman–Crippen MR) is 77.1 cm³/mol. The van der Waals surface area contributed by atoms with Crippen LogP contribution in [0, 0.1) is 10.1 Å². The summed E-state index contributed by atoms with van der Waals surface area (Å²) in [5, 5.41) is 21.7. The molecule has 8 nitrogen and oxygen atoms in total. The van der Waals surface area contributed by atoms with E-state index in [1.807, 2.05) is 6.92 Å². The molecule has 0 atom stereocenters. The molecule has 114 valence electrons. The highest BCUT2D eigenvalue weighted by molar-refractivity contribution is 5.59. The van der Waals surface area contributed by atoms with Crippen LogP contribution in [0.1, 0.15) is 19.0 Å². The second kappa shape index (κ2) is 8.49. The van der Waals surface area contributed by atoms with Crippen LogP contribution >= 0.6 is 0 Å². The van der Waals surface area contributed by atoms with Crippen molar-refractivity contribution in [2.24, 2.45) is 7.05 Å². The van der Waals surface area contributed by atoms with Crippen LogP contribution in [0.5, 0.6) is 0 Å². The van der Waals surface area contributed by atoms with E-state index in [0.29, 0.717) is 37.6 Å². The van der Waals surface area contributed by atoms with Crippen molar-refractivity contribution in [3.8, 4) is 0 Å². The molecule has 1 rings (SSSR count). The minimum Gasteiger partial charge on any atom is -0.383 e. The Morgan fingerprint density at radius 2 is 2.15 bits per heavy atom. The smallest absolute Gasteiger partial charge is 0.333 e. The summed E-state index contributed by atoms with van der Waals surface area (Å²) in [5.74, 6) is 0.465. The molecule has 8 heteroatoms. The van der Waals surface area contributed by atoms with Gasteiger partial charge in [-0.25, -0.2) is 4.68 Å². The van der Waals surface area contributed by atoms with Crippen molar-refractivity contribution < 1.29 is 9.66 Å². The topological polar surface area (TPSA) is 94.2 Å². The van der Waals surface area contributed by atoms with Gasteiger partial charge >= 0.3 is 5.69 Å². The Morgan fingerprint density at radius 3 is 2.75 bits per heavy atom. The summed E-state index contributed by atoms with van der Waals surface area (Å²) in [5.41, 5.74) is 0.626. The Hall–Kier alpha value is -1.67. The third-order valence-corrected chi connectivity index (χ3v) is 2.84. The molecule has 0 saturated carbocycles.